The third-order valence-corrected chi connectivity index (χ3v) is 4.80. The van der Waals surface area contributed by atoms with Gasteiger partial charge in [0.25, 0.3) is 0 Å². The molecule has 1 saturated heterocycles. The predicted octanol–water partition coefficient (Wildman–Crippen LogP) is 4.02. The normalized spacial score (nSPS) is 19.8. The van der Waals surface area contributed by atoms with Crippen molar-refractivity contribution in [3.05, 3.63) is 23.9 Å². The van der Waals surface area contributed by atoms with Crippen LogP contribution in [0.1, 0.15) is 53.5 Å². The highest BCUT2D eigenvalue weighted by Gasteiger charge is 2.39. The van der Waals surface area contributed by atoms with Crippen LogP contribution in [-0.2, 0) is 15.7 Å². The minimum atomic E-state index is -4.61. The second kappa shape index (κ2) is 8.92. The second-order valence-electron chi connectivity index (χ2n) is 9.41. The first-order valence-corrected chi connectivity index (χ1v) is 10.1. The number of ether oxygens (including phenoxy) is 2. The van der Waals surface area contributed by atoms with Crippen LogP contribution in [0.3, 0.4) is 0 Å². The van der Waals surface area contributed by atoms with Crippen molar-refractivity contribution in [2.75, 3.05) is 13.2 Å². The summed E-state index contributed by atoms with van der Waals surface area (Å²) in [5.41, 5.74) is -2.75. The van der Waals surface area contributed by atoms with Crippen LogP contribution in [0.15, 0.2) is 18.3 Å². The zero-order valence-corrected chi connectivity index (χ0v) is 18.7. The van der Waals surface area contributed by atoms with Crippen molar-refractivity contribution >= 4 is 12.0 Å². The monoisotopic (exact) mass is 445 g/mol. The molecule has 10 heteroatoms. The minimum absolute atomic E-state index is 0.123. The molecule has 1 aromatic heterocycles. The van der Waals surface area contributed by atoms with Crippen molar-refractivity contribution in [1.29, 1.82) is 0 Å². The fourth-order valence-corrected chi connectivity index (χ4v) is 3.13. The van der Waals surface area contributed by atoms with Crippen LogP contribution in [0.4, 0.5) is 18.0 Å². The Balaban J connectivity index is 1.97. The lowest BCUT2D eigenvalue weighted by Crippen LogP contribution is -2.47. The highest BCUT2D eigenvalue weighted by molar-refractivity contribution is 5.82. The highest BCUT2D eigenvalue weighted by atomic mass is 19.4. The van der Waals surface area contributed by atoms with Crippen molar-refractivity contribution < 1.29 is 32.2 Å². The minimum Gasteiger partial charge on any atom is -0.476 e. The van der Waals surface area contributed by atoms with Gasteiger partial charge in [0.05, 0.1) is 5.41 Å². The van der Waals surface area contributed by atoms with Gasteiger partial charge < -0.3 is 19.7 Å². The van der Waals surface area contributed by atoms with Gasteiger partial charge in [0.15, 0.2) is 0 Å². The fourth-order valence-electron chi connectivity index (χ4n) is 3.13. The van der Waals surface area contributed by atoms with E-state index >= 15 is 0 Å². The molecular weight excluding hydrogens is 415 g/mol. The summed E-state index contributed by atoms with van der Waals surface area (Å²) in [5, 5.41) is 2.87. The van der Waals surface area contributed by atoms with E-state index in [1.165, 1.54) is 12.3 Å². The Hall–Kier alpha value is -2.52. The first-order valence-electron chi connectivity index (χ1n) is 10.1. The molecule has 31 heavy (non-hydrogen) atoms. The summed E-state index contributed by atoms with van der Waals surface area (Å²) in [5.74, 6) is -0.957. The van der Waals surface area contributed by atoms with Crippen LogP contribution in [-0.4, -0.2) is 52.7 Å². The van der Waals surface area contributed by atoms with Crippen LogP contribution in [0.5, 0.6) is 5.88 Å². The van der Waals surface area contributed by atoms with Gasteiger partial charge >= 0.3 is 12.3 Å². The number of hydrogen-bond donors (Lipinski definition) is 1. The molecular formula is C21H30F3N3O4. The third kappa shape index (κ3) is 6.73. The summed E-state index contributed by atoms with van der Waals surface area (Å²) in [6.07, 6.45) is -3.32. The Morgan fingerprint density at radius 3 is 2.45 bits per heavy atom. The van der Waals surface area contributed by atoms with Crippen LogP contribution in [0.25, 0.3) is 0 Å². The maximum Gasteiger partial charge on any atom is 0.421 e. The molecule has 2 atom stereocenters. The first-order chi connectivity index (χ1) is 14.1. The van der Waals surface area contributed by atoms with Crippen LogP contribution >= 0.6 is 0 Å². The number of carbonyl (C=O) groups is 2. The van der Waals surface area contributed by atoms with Gasteiger partial charge in [-0.1, -0.05) is 0 Å². The number of alkyl halides is 3. The van der Waals surface area contributed by atoms with Gasteiger partial charge in [-0.2, -0.15) is 13.2 Å². The maximum atomic E-state index is 13.1. The lowest BCUT2D eigenvalue weighted by Gasteiger charge is -2.27. The van der Waals surface area contributed by atoms with Gasteiger partial charge in [0.1, 0.15) is 17.8 Å². The molecule has 0 aromatic carbocycles. The Kier molecular flexibility index (Phi) is 7.12. The SMILES string of the molecule is CC1CC(NC(=O)C(C)(C)COc2ncccc2C(F)(F)F)CN1C(=O)OC(C)(C)C. The van der Waals surface area contributed by atoms with E-state index in [0.29, 0.717) is 6.42 Å². The predicted molar refractivity (Wildman–Crippen MR) is 107 cm³/mol. The number of nitrogens with zero attached hydrogens (tertiary/aromatic N) is 2. The van der Waals surface area contributed by atoms with E-state index in [2.05, 4.69) is 10.3 Å². The Labute approximate surface area is 180 Å². The number of aromatic nitrogens is 1. The van der Waals surface area contributed by atoms with Gasteiger partial charge in [0.2, 0.25) is 11.8 Å². The summed E-state index contributed by atoms with van der Waals surface area (Å²) < 4.78 is 50.0. The average Bonchev–Trinajstić information content (AvgIpc) is 2.98. The van der Waals surface area contributed by atoms with E-state index in [9.17, 15) is 22.8 Å². The molecule has 0 saturated carbocycles. The van der Waals surface area contributed by atoms with Crippen molar-refractivity contribution in [1.82, 2.24) is 15.2 Å². The van der Waals surface area contributed by atoms with Crippen LogP contribution in [0, 0.1) is 5.41 Å². The number of amides is 2. The molecule has 1 fully saturated rings. The van der Waals surface area contributed by atoms with E-state index in [0.717, 1.165) is 6.07 Å². The van der Waals surface area contributed by atoms with Gasteiger partial charge in [-0.15, -0.1) is 0 Å². The first kappa shape index (κ1) is 24.7. The number of nitrogens with one attached hydrogen (secondary N) is 1. The summed E-state index contributed by atoms with van der Waals surface area (Å²) in [6.45, 7) is 10.3. The van der Waals surface area contributed by atoms with Crippen molar-refractivity contribution in [2.45, 2.75) is 71.8 Å². The number of halogens is 3. The molecule has 1 aromatic rings. The lowest BCUT2D eigenvalue weighted by molar-refractivity contribution is -0.139. The standard InChI is InChI=1S/C21H30F3N3O4/c1-13-10-14(11-27(13)18(29)31-19(2,3)4)26-17(28)20(5,6)12-30-16-15(21(22,23)24)8-7-9-25-16/h7-9,13-14H,10-12H2,1-6H3,(H,26,28). The molecule has 0 bridgehead atoms. The van der Waals surface area contributed by atoms with Crippen LogP contribution < -0.4 is 10.1 Å². The smallest absolute Gasteiger partial charge is 0.421 e. The molecule has 1 N–H and O–H groups in total. The van der Waals surface area contributed by atoms with Gasteiger partial charge in [-0.05, 0) is 60.1 Å². The average molecular weight is 445 g/mol. The van der Waals surface area contributed by atoms with Crippen molar-refractivity contribution in [3.63, 3.8) is 0 Å². The van der Waals surface area contributed by atoms with Gasteiger partial charge in [-0.25, -0.2) is 9.78 Å². The topological polar surface area (TPSA) is 80.8 Å². The fraction of sp³-hybridized carbons (Fsp3) is 0.667. The molecule has 0 radical (unpaired) electrons. The summed E-state index contributed by atoms with van der Waals surface area (Å²) in [7, 11) is 0. The summed E-state index contributed by atoms with van der Waals surface area (Å²) in [6, 6.07) is 1.63. The van der Waals surface area contributed by atoms with E-state index in [-0.39, 0.29) is 31.1 Å². The molecule has 2 heterocycles. The molecule has 2 amide bonds. The molecule has 1 aliphatic rings. The Morgan fingerprint density at radius 2 is 1.87 bits per heavy atom. The molecule has 174 valence electrons. The Bertz CT molecular complexity index is 806. The van der Waals surface area contributed by atoms with Crippen molar-refractivity contribution in [2.24, 2.45) is 5.41 Å². The lowest BCUT2D eigenvalue weighted by atomic mass is 9.93. The largest absolute Gasteiger partial charge is 0.476 e. The molecule has 1 aliphatic heterocycles. The number of rotatable bonds is 5. The number of pyridine rings is 1. The number of hydrogen-bond acceptors (Lipinski definition) is 5. The molecule has 0 aliphatic carbocycles. The summed E-state index contributed by atoms with van der Waals surface area (Å²) in [4.78, 5) is 30.3. The van der Waals surface area contributed by atoms with E-state index in [1.54, 1.807) is 39.5 Å². The second-order valence-corrected chi connectivity index (χ2v) is 9.41. The van der Waals surface area contributed by atoms with E-state index in [4.69, 9.17) is 9.47 Å². The Morgan fingerprint density at radius 1 is 1.23 bits per heavy atom. The summed E-state index contributed by atoms with van der Waals surface area (Å²) >= 11 is 0. The third-order valence-electron chi connectivity index (χ3n) is 4.80. The molecule has 2 unspecified atom stereocenters. The van der Waals surface area contributed by atoms with Crippen molar-refractivity contribution in [3.8, 4) is 5.88 Å². The number of carbonyl (C=O) groups excluding carboxylic acids is 2. The zero-order valence-electron chi connectivity index (χ0n) is 18.7. The van der Waals surface area contributed by atoms with E-state index in [1.807, 2.05) is 6.92 Å². The quantitative estimate of drug-likeness (QED) is 0.741. The van der Waals surface area contributed by atoms with Gasteiger partial charge in [0, 0.05) is 24.8 Å². The van der Waals surface area contributed by atoms with E-state index < -0.39 is 34.7 Å². The highest BCUT2D eigenvalue weighted by Crippen LogP contribution is 2.35. The zero-order chi connectivity index (χ0) is 23.6. The van der Waals surface area contributed by atoms with Crippen LogP contribution in [0.2, 0.25) is 0 Å². The molecule has 2 rings (SSSR count). The molecule has 0 spiro atoms. The number of likely N-dealkylation sites (tertiary alicyclic amines) is 1. The maximum absolute atomic E-state index is 13.1. The molecule has 7 nitrogen and oxygen atoms in total. The van der Waals surface area contributed by atoms with Gasteiger partial charge in [-0.3, -0.25) is 4.79 Å².